The lowest BCUT2D eigenvalue weighted by Gasteiger charge is -2.14. The minimum Gasteiger partial charge on any atom is -0.0885 e. The Hall–Kier alpha value is -0.260. The first-order valence-corrected chi connectivity index (χ1v) is 10.00. The van der Waals surface area contributed by atoms with E-state index in [0.29, 0.717) is 0 Å². The topological polar surface area (TPSA) is 0 Å². The normalized spacial score (nSPS) is 13.1. The molecule has 0 bridgehead atoms. The molecule has 0 saturated heterocycles. The molecule has 0 rings (SSSR count). The molecule has 0 aromatic carbocycles. The third kappa shape index (κ3) is 15.9. The van der Waals surface area contributed by atoms with Gasteiger partial charge >= 0.3 is 0 Å². The zero-order valence-corrected chi connectivity index (χ0v) is 15.3. The first-order chi connectivity index (χ1) is 10.3. The van der Waals surface area contributed by atoms with E-state index in [9.17, 15) is 0 Å². The van der Waals surface area contributed by atoms with Gasteiger partial charge < -0.3 is 0 Å². The number of unbranched alkanes of at least 4 members (excludes halogenated alkanes) is 9. The van der Waals surface area contributed by atoms with Crippen LogP contribution in [0.5, 0.6) is 0 Å². The molecule has 0 nitrogen and oxygen atoms in total. The molecule has 0 heteroatoms. The fraction of sp³-hybridized carbons (Fsp3) is 0.905. The van der Waals surface area contributed by atoms with E-state index in [0.717, 1.165) is 5.92 Å². The van der Waals surface area contributed by atoms with E-state index in [-0.39, 0.29) is 0 Å². The van der Waals surface area contributed by atoms with E-state index in [1.807, 2.05) is 0 Å². The first-order valence-electron chi connectivity index (χ1n) is 10.00. The molecule has 0 aromatic heterocycles. The summed E-state index contributed by atoms with van der Waals surface area (Å²) in [5, 5.41) is 0. The molecule has 0 saturated carbocycles. The van der Waals surface area contributed by atoms with Crippen LogP contribution in [0.15, 0.2) is 12.2 Å². The van der Waals surface area contributed by atoms with Gasteiger partial charge in [-0.2, -0.15) is 0 Å². The molecule has 0 aromatic rings. The fourth-order valence-corrected chi connectivity index (χ4v) is 3.03. The summed E-state index contributed by atoms with van der Waals surface area (Å²) >= 11 is 0. The van der Waals surface area contributed by atoms with E-state index >= 15 is 0 Å². The molecule has 1 atom stereocenters. The monoisotopic (exact) mass is 294 g/mol. The molecule has 0 heterocycles. The summed E-state index contributed by atoms with van der Waals surface area (Å²) in [5.41, 5.74) is 0. The van der Waals surface area contributed by atoms with E-state index < -0.39 is 0 Å². The largest absolute Gasteiger partial charge is 0.0885 e. The summed E-state index contributed by atoms with van der Waals surface area (Å²) in [5.74, 6) is 1.01. The first kappa shape index (κ1) is 20.7. The Morgan fingerprint density at radius 1 is 0.571 bits per heavy atom. The van der Waals surface area contributed by atoms with Crippen LogP contribution in [-0.2, 0) is 0 Å². The molecule has 0 spiro atoms. The van der Waals surface area contributed by atoms with Gasteiger partial charge in [0.15, 0.2) is 0 Å². The van der Waals surface area contributed by atoms with Crippen molar-refractivity contribution in [3.63, 3.8) is 0 Å². The SMILES string of the molecule is CCCCCC/C=C/CCCCCC(CC)CCCCC. The van der Waals surface area contributed by atoms with E-state index in [4.69, 9.17) is 0 Å². The van der Waals surface area contributed by atoms with Crippen LogP contribution >= 0.6 is 0 Å². The van der Waals surface area contributed by atoms with Crippen LogP contribution in [0.25, 0.3) is 0 Å². The molecular formula is C21H42. The lowest BCUT2D eigenvalue weighted by atomic mass is 9.92. The predicted octanol–water partition coefficient (Wildman–Crippen LogP) is 8.07. The maximum Gasteiger partial charge on any atom is -0.0351 e. The number of allylic oxidation sites excluding steroid dienone is 2. The summed E-state index contributed by atoms with van der Waals surface area (Å²) in [6.07, 6.45) is 25.9. The molecule has 126 valence electrons. The lowest BCUT2D eigenvalue weighted by Crippen LogP contribution is -1.98. The second-order valence-electron chi connectivity index (χ2n) is 6.73. The van der Waals surface area contributed by atoms with Gasteiger partial charge in [-0.1, -0.05) is 104 Å². The zero-order chi connectivity index (χ0) is 15.6. The van der Waals surface area contributed by atoms with E-state index in [1.165, 1.54) is 96.3 Å². The van der Waals surface area contributed by atoms with Gasteiger partial charge in [-0.3, -0.25) is 0 Å². The Morgan fingerprint density at radius 3 is 1.57 bits per heavy atom. The fourth-order valence-electron chi connectivity index (χ4n) is 3.03. The van der Waals surface area contributed by atoms with Crippen LogP contribution in [0.3, 0.4) is 0 Å². The van der Waals surface area contributed by atoms with Crippen molar-refractivity contribution in [2.75, 3.05) is 0 Å². The lowest BCUT2D eigenvalue weighted by molar-refractivity contribution is 0.398. The summed E-state index contributed by atoms with van der Waals surface area (Å²) < 4.78 is 0. The average molecular weight is 295 g/mol. The number of hydrogen-bond donors (Lipinski definition) is 0. The molecule has 0 amide bonds. The van der Waals surface area contributed by atoms with Crippen LogP contribution in [-0.4, -0.2) is 0 Å². The van der Waals surface area contributed by atoms with Gasteiger partial charge in [0.25, 0.3) is 0 Å². The van der Waals surface area contributed by atoms with Crippen molar-refractivity contribution in [2.24, 2.45) is 5.92 Å². The van der Waals surface area contributed by atoms with Crippen molar-refractivity contribution in [1.29, 1.82) is 0 Å². The third-order valence-electron chi connectivity index (χ3n) is 4.67. The highest BCUT2D eigenvalue weighted by Gasteiger charge is 2.05. The highest BCUT2D eigenvalue weighted by atomic mass is 14.1. The smallest absolute Gasteiger partial charge is 0.0351 e. The molecule has 0 aliphatic rings. The van der Waals surface area contributed by atoms with Crippen LogP contribution < -0.4 is 0 Å². The minimum atomic E-state index is 1.01. The van der Waals surface area contributed by atoms with Gasteiger partial charge in [-0.05, 0) is 31.6 Å². The Morgan fingerprint density at radius 2 is 1.05 bits per heavy atom. The van der Waals surface area contributed by atoms with Crippen molar-refractivity contribution < 1.29 is 0 Å². The predicted molar refractivity (Wildman–Crippen MR) is 98.9 cm³/mol. The molecule has 0 aliphatic carbocycles. The molecule has 0 fully saturated rings. The van der Waals surface area contributed by atoms with Crippen molar-refractivity contribution >= 4 is 0 Å². The van der Waals surface area contributed by atoms with Crippen molar-refractivity contribution in [3.8, 4) is 0 Å². The third-order valence-corrected chi connectivity index (χ3v) is 4.67. The second-order valence-corrected chi connectivity index (χ2v) is 6.73. The van der Waals surface area contributed by atoms with Crippen molar-refractivity contribution in [3.05, 3.63) is 12.2 Å². The molecule has 21 heavy (non-hydrogen) atoms. The minimum absolute atomic E-state index is 1.01. The molecule has 0 radical (unpaired) electrons. The quantitative estimate of drug-likeness (QED) is 0.199. The summed E-state index contributed by atoms with van der Waals surface area (Å²) in [7, 11) is 0. The molecule has 0 aliphatic heterocycles. The van der Waals surface area contributed by atoms with Gasteiger partial charge in [0.2, 0.25) is 0 Å². The van der Waals surface area contributed by atoms with Crippen molar-refractivity contribution in [1.82, 2.24) is 0 Å². The Kier molecular flexibility index (Phi) is 17.6. The molecule has 0 N–H and O–H groups in total. The van der Waals surface area contributed by atoms with Crippen LogP contribution in [0.1, 0.15) is 117 Å². The van der Waals surface area contributed by atoms with Crippen LogP contribution in [0, 0.1) is 5.92 Å². The standard InChI is InChI=1S/C21H42/c1-4-7-9-10-11-12-13-14-15-16-18-20-21(6-3)19-17-8-5-2/h12-13,21H,4-11,14-20H2,1-3H3/b13-12+. The summed E-state index contributed by atoms with van der Waals surface area (Å²) in [6, 6.07) is 0. The number of rotatable bonds is 16. The Bertz CT molecular complexity index is 204. The van der Waals surface area contributed by atoms with E-state index in [2.05, 4.69) is 32.9 Å². The average Bonchev–Trinajstić information content (AvgIpc) is 2.51. The van der Waals surface area contributed by atoms with Gasteiger partial charge in [0, 0.05) is 0 Å². The molecular weight excluding hydrogens is 252 g/mol. The Labute approximate surface area is 135 Å². The highest BCUT2D eigenvalue weighted by molar-refractivity contribution is 4.81. The van der Waals surface area contributed by atoms with Crippen LogP contribution in [0.4, 0.5) is 0 Å². The highest BCUT2D eigenvalue weighted by Crippen LogP contribution is 2.20. The summed E-state index contributed by atoms with van der Waals surface area (Å²) in [4.78, 5) is 0. The molecule has 1 unspecified atom stereocenters. The van der Waals surface area contributed by atoms with Gasteiger partial charge in [0.1, 0.15) is 0 Å². The second kappa shape index (κ2) is 17.8. The van der Waals surface area contributed by atoms with E-state index in [1.54, 1.807) is 0 Å². The maximum atomic E-state index is 2.42. The van der Waals surface area contributed by atoms with Gasteiger partial charge in [-0.15, -0.1) is 0 Å². The van der Waals surface area contributed by atoms with Crippen molar-refractivity contribution in [2.45, 2.75) is 117 Å². The zero-order valence-electron chi connectivity index (χ0n) is 15.3. The summed E-state index contributed by atoms with van der Waals surface area (Å²) in [6.45, 7) is 6.96. The maximum absolute atomic E-state index is 2.42. The van der Waals surface area contributed by atoms with Crippen LogP contribution in [0.2, 0.25) is 0 Å². The Balaban J connectivity index is 3.31. The van der Waals surface area contributed by atoms with Gasteiger partial charge in [-0.25, -0.2) is 0 Å². The number of hydrogen-bond acceptors (Lipinski definition) is 0. The van der Waals surface area contributed by atoms with Gasteiger partial charge in [0.05, 0.1) is 0 Å².